The number of carbonyl (C=O) groups is 6. The van der Waals surface area contributed by atoms with Crippen LogP contribution in [0.2, 0.25) is 5.02 Å². The number of esters is 1. The van der Waals surface area contributed by atoms with E-state index in [4.69, 9.17) is 37.4 Å². The van der Waals surface area contributed by atoms with Gasteiger partial charge in [-0.05, 0) is 111 Å². The summed E-state index contributed by atoms with van der Waals surface area (Å²) in [5.74, 6) is -2.94. The fourth-order valence-electron chi connectivity index (χ4n) is 7.46. The van der Waals surface area contributed by atoms with E-state index in [-0.39, 0.29) is 53.8 Å². The fraction of sp³-hybridized carbons (Fsp3) is 0.413. The van der Waals surface area contributed by atoms with Crippen molar-refractivity contribution in [1.82, 2.24) is 46.5 Å². The van der Waals surface area contributed by atoms with Crippen LogP contribution >= 0.6 is 11.6 Å². The minimum Gasteiger partial charge on any atom is -0.467 e. The zero-order valence-electron chi connectivity index (χ0n) is 39.9. The lowest BCUT2D eigenvalue weighted by Crippen LogP contribution is -2.65. The Morgan fingerprint density at radius 1 is 0.884 bits per heavy atom. The lowest BCUT2D eigenvalue weighted by atomic mass is 10.0. The van der Waals surface area contributed by atoms with Crippen LogP contribution in [0.4, 0.5) is 22.2 Å². The second-order valence-electron chi connectivity index (χ2n) is 17.6. The number of anilines is 3. The summed E-state index contributed by atoms with van der Waals surface area (Å²) in [5.41, 5.74) is 14.2. The van der Waals surface area contributed by atoms with E-state index in [2.05, 4.69) is 51.9 Å². The summed E-state index contributed by atoms with van der Waals surface area (Å²) in [4.78, 5) is 93.6. The maximum absolute atomic E-state index is 13.6. The van der Waals surface area contributed by atoms with Crippen molar-refractivity contribution in [2.24, 2.45) is 5.92 Å². The molecule has 0 bridgehead atoms. The number of hydrogen-bond acceptors (Lipinski definition) is 16. The number of aryl methyl sites for hydroxylation is 2. The van der Waals surface area contributed by atoms with E-state index in [1.165, 1.54) is 46.4 Å². The molecule has 3 aromatic carbocycles. The summed E-state index contributed by atoms with van der Waals surface area (Å²) in [6.45, 7) is 10.2. The number of hydroxylamine groups is 3. The van der Waals surface area contributed by atoms with Gasteiger partial charge in [0.05, 0.1) is 35.7 Å². The molecule has 0 saturated carbocycles. The molecule has 22 nitrogen and oxygen atoms in total. The molecule has 0 aliphatic heterocycles. The van der Waals surface area contributed by atoms with Crippen molar-refractivity contribution < 1.29 is 47.7 Å². The third-order valence-electron chi connectivity index (χ3n) is 11.0. The normalized spacial score (nSPS) is 13.7. The van der Waals surface area contributed by atoms with Gasteiger partial charge in [-0.3, -0.25) is 19.2 Å². The first kappa shape index (κ1) is 52.7. The number of amides is 5. The van der Waals surface area contributed by atoms with Crippen LogP contribution in [0.3, 0.4) is 0 Å². The number of tetrazole rings is 1. The van der Waals surface area contributed by atoms with Crippen molar-refractivity contribution in [3.63, 3.8) is 0 Å². The van der Waals surface area contributed by atoms with E-state index in [1.807, 2.05) is 18.2 Å². The smallest absolute Gasteiger partial charge is 0.467 e. The van der Waals surface area contributed by atoms with Crippen LogP contribution in [-0.2, 0) is 41.5 Å². The molecule has 2 aromatic heterocycles. The molecule has 4 atom stereocenters. The highest BCUT2D eigenvalue weighted by Gasteiger charge is 2.51. The second-order valence-corrected chi connectivity index (χ2v) is 18.0. The lowest BCUT2D eigenvalue weighted by Gasteiger charge is -2.36. The maximum Gasteiger partial charge on any atom is 0.550 e. The van der Waals surface area contributed by atoms with Crippen molar-refractivity contribution in [2.75, 3.05) is 44.6 Å². The first-order valence-electron chi connectivity index (χ1n) is 22.0. The number of nitrogen functional groups attached to an aromatic ring is 2. The molecule has 9 N–H and O–H groups in total. The van der Waals surface area contributed by atoms with Crippen LogP contribution in [-0.4, -0.2) is 122 Å². The van der Waals surface area contributed by atoms with Gasteiger partial charge < -0.3 is 42.2 Å². The number of aromatic amines is 1. The predicted octanol–water partition coefficient (Wildman–Crippen LogP) is 4.31. The van der Waals surface area contributed by atoms with Gasteiger partial charge in [0.1, 0.15) is 30.6 Å². The molecule has 69 heavy (non-hydrogen) atoms. The number of hydrogen-bond donors (Lipinski definition) is 7. The van der Waals surface area contributed by atoms with Gasteiger partial charge in [-0.1, -0.05) is 48.3 Å². The minimum atomic E-state index is -1.09. The van der Waals surface area contributed by atoms with E-state index >= 15 is 0 Å². The Morgan fingerprint density at radius 3 is 2.22 bits per heavy atom. The number of nitrogens with zero attached hydrogens (tertiary/aromatic N) is 6. The number of benzene rings is 3. The van der Waals surface area contributed by atoms with Crippen molar-refractivity contribution in [2.45, 2.75) is 91.0 Å². The first-order chi connectivity index (χ1) is 32.6. The van der Waals surface area contributed by atoms with Crippen LogP contribution in [0.5, 0.6) is 0 Å². The van der Waals surface area contributed by atoms with E-state index in [0.717, 1.165) is 11.1 Å². The Bertz CT molecular complexity index is 2680. The number of methoxy groups -OCH3 is 1. The average molecular weight is 974 g/mol. The van der Waals surface area contributed by atoms with Crippen LogP contribution in [0.15, 0.2) is 54.6 Å². The maximum atomic E-state index is 13.6. The monoisotopic (exact) mass is 972 g/mol. The Labute approximate surface area is 403 Å². The van der Waals surface area contributed by atoms with Gasteiger partial charge in [0.15, 0.2) is 5.82 Å². The lowest BCUT2D eigenvalue weighted by molar-refractivity contribution is -1.04. The average Bonchev–Trinajstić information content (AvgIpc) is 3.84. The standard InChI is InChI=1S/C46H58ClN13O9/c1-24(2)36(60(7,68-9)45(66)69-46(4,5)6)42(64)51-25(3)39(61)52-29-19-20-30(31(23-29)38-56-58-59-57-38)41(63)50-22-10-11-33(43(65)67-8)53-40(62)28-16-13-26(14-17-28)12-15-27-18-21-32-34(35(27)47)37(48)55-44(49)54-32/h13-14,16-21,23-25,33,36H,10-12,15,22H2,1-9H3,(H8-,48,49,50,51,52,53,54,55,56,57,58,59,61,62,63,64)/p+1/t25-,33-,36-,60?/m0/s1. The Kier molecular flexibility index (Phi) is 17.3. The summed E-state index contributed by atoms with van der Waals surface area (Å²) < 4.78 is 9.68. The number of nitrogens with one attached hydrogen (secondary N) is 5. The number of fused-ring (bicyclic) bond motifs is 1. The highest BCUT2D eigenvalue weighted by molar-refractivity contribution is 6.37. The van der Waals surface area contributed by atoms with Crippen molar-refractivity contribution in [3.05, 3.63) is 81.9 Å². The van der Waals surface area contributed by atoms with Crippen molar-refractivity contribution >= 4 is 75.6 Å². The van der Waals surface area contributed by atoms with Crippen LogP contribution < -0.4 is 32.7 Å². The van der Waals surface area contributed by atoms with Crippen LogP contribution in [0.1, 0.15) is 86.2 Å². The number of aromatic nitrogens is 6. The Morgan fingerprint density at radius 2 is 1.59 bits per heavy atom. The molecule has 5 rings (SSSR count). The van der Waals surface area contributed by atoms with Gasteiger partial charge in [0, 0.05) is 29.3 Å². The Balaban J connectivity index is 1.17. The van der Waals surface area contributed by atoms with Crippen LogP contribution in [0.25, 0.3) is 22.3 Å². The number of rotatable bonds is 19. The van der Waals surface area contributed by atoms with E-state index in [0.29, 0.717) is 34.3 Å². The zero-order valence-corrected chi connectivity index (χ0v) is 40.7. The molecular formula is C46H59ClN13O9+. The SMILES string of the molecule is COC(=O)[C@H](CCCNC(=O)c1ccc(NC(=O)[C@H](C)NC(=O)[C@H](C(C)C)[N+](C)(OC)C(=O)OC(C)(C)C)cc1-c1nnn[nH]1)NC(=O)c1ccc(CCc2ccc3nc(N)nc(N)c3c2Cl)cc1. The zero-order chi connectivity index (χ0) is 50.8. The minimum absolute atomic E-state index is 0.0593. The van der Waals surface area contributed by atoms with Gasteiger partial charge in [-0.25, -0.2) is 14.9 Å². The molecule has 368 valence electrons. The summed E-state index contributed by atoms with van der Waals surface area (Å²) in [6, 6.07) is 11.8. The van der Waals surface area contributed by atoms with Gasteiger partial charge in [-0.15, -0.1) is 5.10 Å². The number of carbonyl (C=O) groups excluding carboxylic acids is 6. The molecule has 5 aromatic rings. The number of halogens is 1. The largest absolute Gasteiger partial charge is 0.550 e. The number of nitrogens with two attached hydrogens (primary N) is 2. The molecule has 23 heteroatoms. The number of H-pyrrole nitrogens is 1. The molecule has 5 amide bonds. The predicted molar refractivity (Wildman–Crippen MR) is 256 cm³/mol. The molecule has 0 fully saturated rings. The quantitative estimate of drug-likeness (QED) is 0.0262. The van der Waals surface area contributed by atoms with Gasteiger partial charge in [0.25, 0.3) is 17.7 Å². The van der Waals surface area contributed by atoms with Gasteiger partial charge >= 0.3 is 12.1 Å². The van der Waals surface area contributed by atoms with E-state index in [9.17, 15) is 28.8 Å². The third-order valence-corrected chi connectivity index (χ3v) is 11.5. The number of ether oxygens (including phenoxy) is 2. The summed E-state index contributed by atoms with van der Waals surface area (Å²) >= 11 is 6.66. The van der Waals surface area contributed by atoms with Crippen molar-refractivity contribution in [1.29, 1.82) is 0 Å². The summed E-state index contributed by atoms with van der Waals surface area (Å²) in [7, 11) is 3.93. The van der Waals surface area contributed by atoms with E-state index < -0.39 is 70.0 Å². The summed E-state index contributed by atoms with van der Waals surface area (Å²) in [5, 5.41) is 25.7. The molecule has 2 heterocycles. The molecule has 0 spiro atoms. The molecule has 0 saturated heterocycles. The first-order valence-corrected chi connectivity index (χ1v) is 22.3. The molecular weight excluding hydrogens is 914 g/mol. The number of likely N-dealkylation sites (N-methyl/N-ethyl adjacent to an activating group) is 1. The highest BCUT2D eigenvalue weighted by atomic mass is 35.5. The molecule has 1 unspecified atom stereocenters. The molecule has 0 aliphatic rings. The fourth-order valence-corrected chi connectivity index (χ4v) is 7.81. The Hall–Kier alpha value is -7.30. The van der Waals surface area contributed by atoms with Gasteiger partial charge in [0.2, 0.25) is 17.9 Å². The second kappa shape index (κ2) is 22.7. The highest BCUT2D eigenvalue weighted by Crippen LogP contribution is 2.32. The third kappa shape index (κ3) is 13.2. The summed E-state index contributed by atoms with van der Waals surface area (Å²) in [6.07, 6.45) is 0.794. The van der Waals surface area contributed by atoms with Gasteiger partial charge in [-0.2, -0.15) is 14.6 Å². The van der Waals surface area contributed by atoms with Crippen LogP contribution in [0, 0.1) is 5.92 Å². The molecule has 0 radical (unpaired) electrons. The topological polar surface area (TPSA) is 311 Å². The molecule has 0 aliphatic carbocycles. The van der Waals surface area contributed by atoms with Crippen molar-refractivity contribution in [3.8, 4) is 11.4 Å². The van der Waals surface area contributed by atoms with E-state index in [1.54, 1.807) is 52.8 Å². The number of quaternary nitrogens is 1.